The van der Waals surface area contributed by atoms with E-state index in [1.807, 2.05) is 6.92 Å². The monoisotopic (exact) mass is 587 g/mol. The van der Waals surface area contributed by atoms with Crippen LogP contribution in [-0.2, 0) is 28.8 Å². The fourth-order valence-electron chi connectivity index (χ4n) is 6.63. The molecule has 4 rings (SSSR count). The molecule has 0 aromatic heterocycles. The van der Waals surface area contributed by atoms with Crippen LogP contribution in [0, 0.1) is 17.8 Å². The maximum Gasteiger partial charge on any atom is 0.289 e. The molecule has 3 aliphatic carbocycles. The molecule has 0 aromatic carbocycles. The molecule has 5 amide bonds. The number of carbonyl (C=O) groups excluding carboxylic acids is 6. The summed E-state index contributed by atoms with van der Waals surface area (Å²) in [5.41, 5.74) is 0. The van der Waals surface area contributed by atoms with Gasteiger partial charge in [-0.05, 0) is 70.1 Å². The van der Waals surface area contributed by atoms with Crippen molar-refractivity contribution >= 4 is 35.3 Å². The minimum absolute atomic E-state index is 0.00754. The van der Waals surface area contributed by atoms with Crippen molar-refractivity contribution in [3.63, 3.8) is 0 Å². The van der Waals surface area contributed by atoms with Gasteiger partial charge >= 0.3 is 0 Å². The highest BCUT2D eigenvalue weighted by Gasteiger charge is 2.38. The van der Waals surface area contributed by atoms with Crippen molar-refractivity contribution in [1.29, 1.82) is 0 Å². The third kappa shape index (κ3) is 9.01. The van der Waals surface area contributed by atoms with Gasteiger partial charge in [0.25, 0.3) is 5.91 Å². The number of ketones is 1. The van der Waals surface area contributed by atoms with Crippen LogP contribution >= 0.6 is 0 Å². The van der Waals surface area contributed by atoms with Gasteiger partial charge in [-0.25, -0.2) is 0 Å². The van der Waals surface area contributed by atoms with Crippen LogP contribution in [0.25, 0.3) is 0 Å². The van der Waals surface area contributed by atoms with E-state index in [1.54, 1.807) is 0 Å². The standard InChI is InChI=1S/C31H49N5O6/c1-2-9-23(34-30(41)25(19-10-6-7-11-19)36-28(39)20-12-4-3-5-13-20)29(40)35-24(18-21-14-8-17-32-27(21)38)26(37)31(42)33-22-15-16-22/h19-25H,2-18H2,1H3,(H,32,38)(H,33,42)(H,34,41)(H,35,40)(H,36,39)/t21-,23-,24-,25+/m0/s1. The molecule has 1 heterocycles. The SMILES string of the molecule is CCC[C@H](NC(=O)[C@H](NC(=O)C1CCCCC1)C1CCCC1)C(=O)N[C@@H](C[C@@H]1CCCNC1=O)C(=O)C(=O)NC1CC1. The van der Waals surface area contributed by atoms with Gasteiger partial charge in [-0.3, -0.25) is 28.8 Å². The summed E-state index contributed by atoms with van der Waals surface area (Å²) in [7, 11) is 0. The number of hydrogen-bond donors (Lipinski definition) is 5. The zero-order chi connectivity index (χ0) is 30.1. The molecule has 11 nitrogen and oxygen atoms in total. The van der Waals surface area contributed by atoms with Crippen molar-refractivity contribution in [1.82, 2.24) is 26.6 Å². The van der Waals surface area contributed by atoms with Gasteiger partial charge in [0.05, 0.1) is 6.04 Å². The Morgan fingerprint density at radius 2 is 1.45 bits per heavy atom. The van der Waals surface area contributed by atoms with E-state index in [0.717, 1.165) is 77.0 Å². The molecule has 11 heteroatoms. The Morgan fingerprint density at radius 3 is 2.10 bits per heavy atom. The first-order chi connectivity index (χ1) is 20.3. The average molecular weight is 588 g/mol. The molecule has 1 saturated heterocycles. The molecule has 4 aliphatic rings. The molecule has 234 valence electrons. The van der Waals surface area contributed by atoms with Crippen molar-refractivity contribution < 1.29 is 28.8 Å². The summed E-state index contributed by atoms with van der Waals surface area (Å²) < 4.78 is 0. The summed E-state index contributed by atoms with van der Waals surface area (Å²) in [5, 5.41) is 14.1. The largest absolute Gasteiger partial charge is 0.356 e. The molecule has 5 N–H and O–H groups in total. The Kier molecular flexibility index (Phi) is 11.8. The smallest absolute Gasteiger partial charge is 0.289 e. The van der Waals surface area contributed by atoms with Gasteiger partial charge in [0, 0.05) is 24.4 Å². The molecular weight excluding hydrogens is 538 g/mol. The number of amides is 5. The molecular formula is C31H49N5O6. The van der Waals surface area contributed by atoms with Crippen LogP contribution in [0.3, 0.4) is 0 Å². The van der Waals surface area contributed by atoms with Crippen LogP contribution < -0.4 is 26.6 Å². The lowest BCUT2D eigenvalue weighted by Gasteiger charge is -2.30. The molecule has 0 aromatic rings. The van der Waals surface area contributed by atoms with Crippen LogP contribution in [-0.4, -0.2) is 66.0 Å². The topological polar surface area (TPSA) is 163 Å². The molecule has 4 fully saturated rings. The number of hydrogen-bond acceptors (Lipinski definition) is 6. The second-order valence-electron chi connectivity index (χ2n) is 12.8. The number of rotatable bonds is 14. The van der Waals surface area contributed by atoms with Crippen LogP contribution in [0.2, 0.25) is 0 Å². The first kappa shape index (κ1) is 31.9. The molecule has 0 unspecified atom stereocenters. The summed E-state index contributed by atoms with van der Waals surface area (Å²) in [5.74, 6) is -3.35. The maximum atomic E-state index is 13.7. The van der Waals surface area contributed by atoms with Crippen molar-refractivity contribution in [3.8, 4) is 0 Å². The Hall–Kier alpha value is -2.98. The number of Topliss-reactive ketones (excluding diaryl/α,β-unsaturated/α-hetero) is 1. The highest BCUT2D eigenvalue weighted by molar-refractivity contribution is 6.38. The molecule has 42 heavy (non-hydrogen) atoms. The maximum absolute atomic E-state index is 13.7. The zero-order valence-corrected chi connectivity index (χ0v) is 25.0. The lowest BCUT2D eigenvalue weighted by molar-refractivity contribution is -0.141. The first-order valence-corrected chi connectivity index (χ1v) is 16.3. The van der Waals surface area contributed by atoms with E-state index >= 15 is 0 Å². The Balaban J connectivity index is 1.44. The summed E-state index contributed by atoms with van der Waals surface area (Å²) in [6.45, 7) is 2.45. The molecule has 3 saturated carbocycles. The predicted molar refractivity (Wildman–Crippen MR) is 156 cm³/mol. The van der Waals surface area contributed by atoms with Crippen molar-refractivity contribution in [2.24, 2.45) is 17.8 Å². The minimum Gasteiger partial charge on any atom is -0.356 e. The van der Waals surface area contributed by atoms with E-state index in [2.05, 4.69) is 26.6 Å². The van der Waals surface area contributed by atoms with Crippen LogP contribution in [0.15, 0.2) is 0 Å². The normalized spacial score (nSPS) is 23.6. The number of nitrogens with one attached hydrogen (secondary N) is 5. The van der Waals surface area contributed by atoms with E-state index in [4.69, 9.17) is 0 Å². The lowest BCUT2D eigenvalue weighted by Crippen LogP contribution is -2.58. The molecule has 4 atom stereocenters. The van der Waals surface area contributed by atoms with E-state index < -0.39 is 41.6 Å². The van der Waals surface area contributed by atoms with E-state index in [0.29, 0.717) is 25.8 Å². The second-order valence-corrected chi connectivity index (χ2v) is 12.8. The van der Waals surface area contributed by atoms with Crippen LogP contribution in [0.1, 0.15) is 110 Å². The van der Waals surface area contributed by atoms with Crippen molar-refractivity contribution in [3.05, 3.63) is 0 Å². The summed E-state index contributed by atoms with van der Waals surface area (Å²) in [4.78, 5) is 78.7. The highest BCUT2D eigenvalue weighted by Crippen LogP contribution is 2.30. The van der Waals surface area contributed by atoms with Gasteiger partial charge in [-0.1, -0.05) is 45.4 Å². The quantitative estimate of drug-likeness (QED) is 0.195. The van der Waals surface area contributed by atoms with Gasteiger partial charge < -0.3 is 26.6 Å². The summed E-state index contributed by atoms with van der Waals surface area (Å²) in [6.07, 6.45) is 12.3. The molecule has 0 radical (unpaired) electrons. The predicted octanol–water partition coefficient (Wildman–Crippen LogP) is 1.78. The van der Waals surface area contributed by atoms with Gasteiger partial charge in [0.1, 0.15) is 12.1 Å². The zero-order valence-electron chi connectivity index (χ0n) is 25.0. The molecule has 1 aliphatic heterocycles. The minimum atomic E-state index is -1.18. The molecule has 0 bridgehead atoms. The summed E-state index contributed by atoms with van der Waals surface area (Å²) in [6, 6.07) is -2.88. The van der Waals surface area contributed by atoms with Gasteiger partial charge in [-0.15, -0.1) is 0 Å². The van der Waals surface area contributed by atoms with Crippen LogP contribution in [0.5, 0.6) is 0 Å². The third-order valence-electron chi connectivity index (χ3n) is 9.33. The summed E-state index contributed by atoms with van der Waals surface area (Å²) >= 11 is 0. The Bertz CT molecular complexity index is 1000. The van der Waals surface area contributed by atoms with Gasteiger partial charge in [0.2, 0.25) is 29.4 Å². The lowest BCUT2D eigenvalue weighted by atomic mass is 9.87. The third-order valence-corrected chi connectivity index (χ3v) is 9.33. The first-order valence-electron chi connectivity index (χ1n) is 16.3. The Labute approximate surface area is 248 Å². The average Bonchev–Trinajstić information content (AvgIpc) is 3.64. The highest BCUT2D eigenvalue weighted by atomic mass is 16.2. The fraction of sp³-hybridized carbons (Fsp3) is 0.806. The Morgan fingerprint density at radius 1 is 0.786 bits per heavy atom. The van der Waals surface area contributed by atoms with E-state index in [-0.39, 0.29) is 42.0 Å². The van der Waals surface area contributed by atoms with E-state index in [1.165, 1.54) is 0 Å². The number of carbonyl (C=O) groups is 6. The van der Waals surface area contributed by atoms with Crippen molar-refractivity contribution in [2.45, 2.75) is 134 Å². The van der Waals surface area contributed by atoms with Gasteiger partial charge in [-0.2, -0.15) is 0 Å². The molecule has 0 spiro atoms. The fourth-order valence-corrected chi connectivity index (χ4v) is 6.63. The van der Waals surface area contributed by atoms with Crippen LogP contribution in [0.4, 0.5) is 0 Å². The van der Waals surface area contributed by atoms with E-state index in [9.17, 15) is 28.8 Å². The number of piperidine rings is 1. The van der Waals surface area contributed by atoms with Gasteiger partial charge in [0.15, 0.2) is 0 Å². The second kappa shape index (κ2) is 15.5. The van der Waals surface area contributed by atoms with Crippen molar-refractivity contribution in [2.75, 3.05) is 6.54 Å².